The van der Waals surface area contributed by atoms with Gasteiger partial charge in [0.2, 0.25) is 5.91 Å². The van der Waals surface area contributed by atoms with E-state index < -0.39 is 11.8 Å². The van der Waals surface area contributed by atoms with Gasteiger partial charge in [0.25, 0.3) is 5.92 Å². The first-order chi connectivity index (χ1) is 19.3. The summed E-state index contributed by atoms with van der Waals surface area (Å²) < 4.78 is 28.2. The first kappa shape index (κ1) is 25.3. The van der Waals surface area contributed by atoms with E-state index in [2.05, 4.69) is 39.0 Å². The van der Waals surface area contributed by atoms with Gasteiger partial charge in [-0.15, -0.1) is 0 Å². The minimum absolute atomic E-state index is 0.0543. The number of nitrogens with one attached hydrogen (secondary N) is 1. The Morgan fingerprint density at radius 1 is 1.12 bits per heavy atom. The van der Waals surface area contributed by atoms with Crippen molar-refractivity contribution in [1.29, 1.82) is 0 Å². The highest BCUT2D eigenvalue weighted by molar-refractivity contribution is 5.82. The molecule has 4 aromatic rings. The quantitative estimate of drug-likeness (QED) is 0.348. The smallest absolute Gasteiger partial charge is 0.253 e. The summed E-state index contributed by atoms with van der Waals surface area (Å²) in [6, 6.07) is 10.5. The molecule has 10 heteroatoms. The fraction of sp³-hybridized carbons (Fsp3) is 0.467. The highest BCUT2D eigenvalue weighted by Crippen LogP contribution is 2.49. The lowest BCUT2D eigenvalue weighted by Gasteiger charge is -2.38. The number of carbonyl (C=O) groups excluding carboxylic acids is 1. The molecule has 1 amide bonds. The molecular formula is C30H33F2N7O. The number of pyridine rings is 1. The molecule has 2 unspecified atom stereocenters. The van der Waals surface area contributed by atoms with E-state index in [1.54, 1.807) is 10.9 Å². The van der Waals surface area contributed by atoms with Gasteiger partial charge in [-0.25, -0.2) is 13.8 Å². The van der Waals surface area contributed by atoms with Crippen LogP contribution in [0.2, 0.25) is 0 Å². The lowest BCUT2D eigenvalue weighted by Crippen LogP contribution is -2.49. The molecule has 1 saturated heterocycles. The molecule has 4 heterocycles. The molecule has 3 aliphatic rings. The SMILES string of the molecule is CC(c1ccnc(Cc2nc3ccc(-c4cnn(CC5CC5(F)F)c4)cc3[nH]2)c1)N1CCN(C(=O)C2CC2)CC1. The summed E-state index contributed by atoms with van der Waals surface area (Å²) in [5, 5.41) is 4.28. The number of imidazole rings is 1. The van der Waals surface area contributed by atoms with E-state index in [0.717, 1.165) is 72.7 Å². The number of rotatable bonds is 8. The van der Waals surface area contributed by atoms with Gasteiger partial charge in [-0.05, 0) is 55.2 Å². The van der Waals surface area contributed by atoms with Crippen molar-refractivity contribution in [3.63, 3.8) is 0 Å². The number of hydrogen-bond acceptors (Lipinski definition) is 5. The van der Waals surface area contributed by atoms with E-state index in [-0.39, 0.29) is 24.9 Å². The van der Waals surface area contributed by atoms with Crippen molar-refractivity contribution in [1.82, 2.24) is 34.5 Å². The molecular weight excluding hydrogens is 512 g/mol. The molecule has 1 N–H and O–H groups in total. The predicted molar refractivity (Wildman–Crippen MR) is 147 cm³/mol. The van der Waals surface area contributed by atoms with E-state index in [1.165, 1.54) is 5.56 Å². The van der Waals surface area contributed by atoms with Crippen LogP contribution in [0.15, 0.2) is 48.9 Å². The monoisotopic (exact) mass is 545 g/mol. The number of fused-ring (bicyclic) bond motifs is 1. The summed E-state index contributed by atoms with van der Waals surface area (Å²) in [5.74, 6) is -1.70. The Bertz CT molecular complexity index is 1550. The van der Waals surface area contributed by atoms with Gasteiger partial charge in [0.1, 0.15) is 5.82 Å². The summed E-state index contributed by atoms with van der Waals surface area (Å²) in [4.78, 5) is 29.7. The van der Waals surface area contributed by atoms with Crippen LogP contribution in [0.5, 0.6) is 0 Å². The molecule has 1 aromatic carbocycles. The maximum atomic E-state index is 13.3. The average Bonchev–Trinajstić information content (AvgIpc) is 3.79. The molecule has 2 aliphatic carbocycles. The van der Waals surface area contributed by atoms with Crippen molar-refractivity contribution >= 4 is 16.9 Å². The molecule has 0 bridgehead atoms. The van der Waals surface area contributed by atoms with E-state index >= 15 is 0 Å². The average molecular weight is 546 g/mol. The standard InChI is InChI=1S/C30H33F2N7O/c1-19(37-8-10-38(11-9-37)29(40)20-2-3-20)21-6-7-33-25(12-21)14-28-35-26-5-4-22(13-27(26)36-28)23-16-34-39(17-23)18-24-15-30(24,31)32/h4-7,12-13,16-17,19-20,24H,2-3,8-11,14-15,18H2,1H3,(H,35,36). The molecule has 2 atom stereocenters. The summed E-state index contributed by atoms with van der Waals surface area (Å²) in [5.41, 5.74) is 5.80. The largest absolute Gasteiger partial charge is 0.342 e. The maximum Gasteiger partial charge on any atom is 0.253 e. The number of halogens is 2. The number of benzene rings is 1. The Balaban J connectivity index is 1.01. The second-order valence-corrected chi connectivity index (χ2v) is 11.6. The van der Waals surface area contributed by atoms with Crippen LogP contribution in [0.4, 0.5) is 8.78 Å². The van der Waals surface area contributed by atoms with Gasteiger partial charge in [-0.3, -0.25) is 19.4 Å². The lowest BCUT2D eigenvalue weighted by atomic mass is 10.1. The normalized spacial score (nSPS) is 21.6. The highest BCUT2D eigenvalue weighted by Gasteiger charge is 2.56. The van der Waals surface area contributed by atoms with Crippen molar-refractivity contribution in [3.8, 4) is 11.1 Å². The van der Waals surface area contributed by atoms with Gasteiger partial charge in [0.15, 0.2) is 0 Å². The van der Waals surface area contributed by atoms with Crippen LogP contribution < -0.4 is 0 Å². The summed E-state index contributed by atoms with van der Waals surface area (Å²) in [6.07, 6.45) is 8.06. The third kappa shape index (κ3) is 5.12. The fourth-order valence-corrected chi connectivity index (χ4v) is 5.79. The van der Waals surface area contributed by atoms with Crippen LogP contribution in [-0.2, 0) is 17.8 Å². The van der Waals surface area contributed by atoms with Crippen LogP contribution in [0.25, 0.3) is 22.2 Å². The molecule has 208 valence electrons. The Morgan fingerprint density at radius 2 is 1.93 bits per heavy atom. The molecule has 8 nitrogen and oxygen atoms in total. The molecule has 3 aromatic heterocycles. The van der Waals surface area contributed by atoms with Crippen LogP contribution >= 0.6 is 0 Å². The van der Waals surface area contributed by atoms with Crippen molar-refractivity contribution in [2.75, 3.05) is 26.2 Å². The Labute approximate surface area is 231 Å². The van der Waals surface area contributed by atoms with E-state index in [4.69, 9.17) is 4.98 Å². The molecule has 3 fully saturated rings. The first-order valence-electron chi connectivity index (χ1n) is 14.2. The van der Waals surface area contributed by atoms with Crippen LogP contribution in [0, 0.1) is 11.8 Å². The number of aromatic nitrogens is 5. The van der Waals surface area contributed by atoms with Crippen molar-refractivity contribution in [3.05, 3.63) is 66.0 Å². The van der Waals surface area contributed by atoms with Gasteiger partial charge < -0.3 is 9.88 Å². The molecule has 40 heavy (non-hydrogen) atoms. The van der Waals surface area contributed by atoms with Gasteiger partial charge >= 0.3 is 0 Å². The maximum absolute atomic E-state index is 13.3. The predicted octanol–water partition coefficient (Wildman–Crippen LogP) is 4.68. The number of aromatic amines is 1. The Morgan fingerprint density at radius 3 is 2.67 bits per heavy atom. The number of alkyl halides is 2. The highest BCUT2D eigenvalue weighted by atomic mass is 19.3. The van der Waals surface area contributed by atoms with Crippen LogP contribution in [0.1, 0.15) is 49.3 Å². The van der Waals surface area contributed by atoms with E-state index in [1.807, 2.05) is 35.5 Å². The summed E-state index contributed by atoms with van der Waals surface area (Å²) in [6.45, 7) is 5.83. The Hall–Kier alpha value is -3.66. The third-order valence-electron chi connectivity index (χ3n) is 8.63. The minimum Gasteiger partial charge on any atom is -0.342 e. The van der Waals surface area contributed by atoms with Crippen LogP contribution in [0.3, 0.4) is 0 Å². The Kier molecular flexibility index (Phi) is 6.18. The second-order valence-electron chi connectivity index (χ2n) is 11.6. The van der Waals surface area contributed by atoms with Gasteiger partial charge in [0.05, 0.1) is 17.2 Å². The summed E-state index contributed by atoms with van der Waals surface area (Å²) >= 11 is 0. The first-order valence-corrected chi connectivity index (χ1v) is 14.2. The number of amides is 1. The van der Waals surface area contributed by atoms with Gasteiger partial charge in [-0.1, -0.05) is 6.07 Å². The fourth-order valence-electron chi connectivity index (χ4n) is 5.79. The zero-order valence-corrected chi connectivity index (χ0v) is 22.6. The molecule has 0 spiro atoms. The van der Waals surface area contributed by atoms with Crippen LogP contribution in [-0.4, -0.2) is 72.5 Å². The summed E-state index contributed by atoms with van der Waals surface area (Å²) in [7, 11) is 0. The number of piperazine rings is 1. The van der Waals surface area contributed by atoms with Crippen molar-refractivity contribution < 1.29 is 13.6 Å². The number of carbonyl (C=O) groups is 1. The van der Waals surface area contributed by atoms with Gasteiger partial charge in [0, 0.05) is 87.1 Å². The zero-order chi connectivity index (χ0) is 27.4. The molecule has 7 rings (SSSR count). The molecule has 0 radical (unpaired) electrons. The van der Waals surface area contributed by atoms with E-state index in [9.17, 15) is 13.6 Å². The van der Waals surface area contributed by atoms with Crippen molar-refractivity contribution in [2.45, 2.75) is 51.1 Å². The van der Waals surface area contributed by atoms with E-state index in [0.29, 0.717) is 12.3 Å². The lowest BCUT2D eigenvalue weighted by molar-refractivity contribution is -0.134. The topological polar surface area (TPSA) is 82.9 Å². The van der Waals surface area contributed by atoms with Gasteiger partial charge in [-0.2, -0.15) is 5.10 Å². The number of H-pyrrole nitrogens is 1. The minimum atomic E-state index is -2.55. The molecule has 2 saturated carbocycles. The van der Waals surface area contributed by atoms with Crippen molar-refractivity contribution in [2.24, 2.45) is 11.8 Å². The number of nitrogens with zero attached hydrogens (tertiary/aromatic N) is 6. The zero-order valence-electron chi connectivity index (χ0n) is 22.6. The second kappa shape index (κ2) is 9.76. The number of hydrogen-bond donors (Lipinski definition) is 1. The third-order valence-corrected chi connectivity index (χ3v) is 8.63. The molecule has 1 aliphatic heterocycles.